The SMILES string of the molecule is CC(C)(C)OC(=O)N1CCC(n2cc(F)c3c(Oc4ccc(S(C)(=O)=O)cc4F)ncnc32)CC1. The Morgan fingerprint density at radius 3 is 2.40 bits per heavy atom. The van der Waals surface area contributed by atoms with Crippen molar-refractivity contribution in [3.05, 3.63) is 42.4 Å². The minimum atomic E-state index is -3.60. The quantitative estimate of drug-likeness (QED) is 0.512. The van der Waals surface area contributed by atoms with Crippen molar-refractivity contribution in [3.8, 4) is 11.6 Å². The predicted octanol–water partition coefficient (Wildman–Crippen LogP) is 4.48. The molecule has 0 aliphatic carbocycles. The molecule has 0 bridgehead atoms. The minimum absolute atomic E-state index is 0.0198. The van der Waals surface area contributed by atoms with E-state index in [4.69, 9.17) is 9.47 Å². The Morgan fingerprint density at radius 1 is 1.11 bits per heavy atom. The lowest BCUT2D eigenvalue weighted by Gasteiger charge is -2.34. The topological polar surface area (TPSA) is 104 Å². The first-order valence-electron chi connectivity index (χ1n) is 11.0. The fourth-order valence-corrected chi connectivity index (χ4v) is 4.55. The van der Waals surface area contributed by atoms with Crippen LogP contribution in [0, 0.1) is 11.6 Å². The van der Waals surface area contributed by atoms with E-state index >= 15 is 0 Å². The van der Waals surface area contributed by atoms with E-state index in [1.165, 1.54) is 18.6 Å². The van der Waals surface area contributed by atoms with E-state index < -0.39 is 27.1 Å². The lowest BCUT2D eigenvalue weighted by atomic mass is 10.1. The molecule has 3 aromatic rings. The van der Waals surface area contributed by atoms with Crippen molar-refractivity contribution >= 4 is 27.0 Å². The smallest absolute Gasteiger partial charge is 0.410 e. The fraction of sp³-hybridized carbons (Fsp3) is 0.435. The molecule has 35 heavy (non-hydrogen) atoms. The summed E-state index contributed by atoms with van der Waals surface area (Å²) in [6.45, 7) is 6.29. The predicted molar refractivity (Wildman–Crippen MR) is 123 cm³/mol. The number of amides is 1. The number of halogens is 2. The molecule has 0 spiro atoms. The summed E-state index contributed by atoms with van der Waals surface area (Å²) in [6, 6.07) is 3.06. The summed E-state index contributed by atoms with van der Waals surface area (Å²) in [4.78, 5) is 21.9. The van der Waals surface area contributed by atoms with Crippen LogP contribution in [-0.2, 0) is 14.6 Å². The molecule has 4 rings (SSSR count). The number of likely N-dealkylation sites (tertiary alicyclic amines) is 1. The van der Waals surface area contributed by atoms with Crippen LogP contribution < -0.4 is 4.74 Å². The number of rotatable bonds is 4. The summed E-state index contributed by atoms with van der Waals surface area (Å²) in [5.74, 6) is -2.05. The van der Waals surface area contributed by atoms with Crippen LogP contribution in [0.15, 0.2) is 35.6 Å². The van der Waals surface area contributed by atoms with E-state index in [1.54, 1.807) is 30.2 Å². The van der Waals surface area contributed by atoms with Gasteiger partial charge in [0.05, 0.1) is 4.90 Å². The van der Waals surface area contributed by atoms with Gasteiger partial charge in [-0.15, -0.1) is 0 Å². The number of benzene rings is 1. The Kier molecular flexibility index (Phi) is 6.43. The zero-order valence-electron chi connectivity index (χ0n) is 19.8. The number of carbonyl (C=O) groups excluding carboxylic acids is 1. The Morgan fingerprint density at radius 2 is 1.80 bits per heavy atom. The average Bonchev–Trinajstić information content (AvgIpc) is 3.11. The van der Waals surface area contributed by atoms with Crippen molar-refractivity contribution in [2.24, 2.45) is 0 Å². The maximum atomic E-state index is 15.0. The van der Waals surface area contributed by atoms with Gasteiger partial charge in [0.25, 0.3) is 0 Å². The van der Waals surface area contributed by atoms with E-state index in [9.17, 15) is 22.0 Å². The molecule has 12 heteroatoms. The number of piperidine rings is 1. The zero-order chi connectivity index (χ0) is 25.5. The minimum Gasteiger partial charge on any atom is -0.444 e. The molecule has 0 unspecified atom stereocenters. The van der Waals surface area contributed by atoms with Crippen LogP contribution in [0.3, 0.4) is 0 Å². The molecule has 0 saturated carbocycles. The van der Waals surface area contributed by atoms with Crippen molar-refractivity contribution in [1.82, 2.24) is 19.4 Å². The van der Waals surface area contributed by atoms with Gasteiger partial charge < -0.3 is 18.9 Å². The highest BCUT2D eigenvalue weighted by molar-refractivity contribution is 7.90. The second kappa shape index (κ2) is 9.06. The van der Waals surface area contributed by atoms with Gasteiger partial charge in [-0.25, -0.2) is 32.0 Å². The normalized spacial score (nSPS) is 15.4. The number of sulfone groups is 1. The average molecular weight is 509 g/mol. The molecule has 1 saturated heterocycles. The molecule has 1 aliphatic heterocycles. The number of aromatic nitrogens is 3. The summed E-state index contributed by atoms with van der Waals surface area (Å²) < 4.78 is 65.4. The van der Waals surface area contributed by atoms with E-state index in [0.717, 1.165) is 18.4 Å². The Bertz CT molecular complexity index is 1380. The van der Waals surface area contributed by atoms with Crippen molar-refractivity contribution in [2.75, 3.05) is 19.3 Å². The van der Waals surface area contributed by atoms with Crippen molar-refractivity contribution in [3.63, 3.8) is 0 Å². The molecule has 9 nitrogen and oxygen atoms in total. The molecule has 0 atom stereocenters. The number of nitrogens with zero attached hydrogens (tertiary/aromatic N) is 4. The first-order chi connectivity index (χ1) is 16.3. The summed E-state index contributed by atoms with van der Waals surface area (Å²) in [6.07, 6.45) is 4.18. The summed E-state index contributed by atoms with van der Waals surface area (Å²) in [7, 11) is -3.60. The lowest BCUT2D eigenvalue weighted by Crippen LogP contribution is -2.42. The fourth-order valence-electron chi connectivity index (χ4n) is 3.92. The van der Waals surface area contributed by atoms with Gasteiger partial charge >= 0.3 is 6.09 Å². The number of carbonyl (C=O) groups is 1. The van der Waals surface area contributed by atoms with Crippen molar-refractivity contribution < 1.29 is 31.5 Å². The van der Waals surface area contributed by atoms with E-state index in [2.05, 4.69) is 9.97 Å². The van der Waals surface area contributed by atoms with Crippen LogP contribution >= 0.6 is 0 Å². The molecular weight excluding hydrogens is 482 g/mol. The third-order valence-corrected chi connectivity index (χ3v) is 6.69. The highest BCUT2D eigenvalue weighted by Gasteiger charge is 2.29. The molecule has 188 valence electrons. The summed E-state index contributed by atoms with van der Waals surface area (Å²) in [5.41, 5.74) is -0.317. The molecule has 1 aliphatic rings. The summed E-state index contributed by atoms with van der Waals surface area (Å²) in [5, 5.41) is -0.0198. The van der Waals surface area contributed by atoms with E-state index in [1.807, 2.05) is 0 Å². The van der Waals surface area contributed by atoms with Gasteiger partial charge in [0.2, 0.25) is 5.88 Å². The summed E-state index contributed by atoms with van der Waals surface area (Å²) >= 11 is 0. The lowest BCUT2D eigenvalue weighted by molar-refractivity contribution is 0.0189. The van der Waals surface area contributed by atoms with Gasteiger partial charge in [-0.05, 0) is 51.8 Å². The third kappa shape index (κ3) is 5.37. The molecule has 1 aromatic carbocycles. The van der Waals surface area contributed by atoms with Gasteiger partial charge in [-0.1, -0.05) is 0 Å². The highest BCUT2D eigenvalue weighted by Crippen LogP contribution is 2.35. The van der Waals surface area contributed by atoms with E-state index in [0.29, 0.717) is 25.9 Å². The van der Waals surface area contributed by atoms with Gasteiger partial charge in [-0.2, -0.15) is 0 Å². The van der Waals surface area contributed by atoms with Gasteiger partial charge in [-0.3, -0.25) is 0 Å². The van der Waals surface area contributed by atoms with Crippen LogP contribution in [0.5, 0.6) is 11.6 Å². The van der Waals surface area contributed by atoms with Gasteiger partial charge in [0, 0.05) is 31.6 Å². The van der Waals surface area contributed by atoms with Crippen LogP contribution in [0.1, 0.15) is 39.7 Å². The van der Waals surface area contributed by atoms with Crippen LogP contribution in [0.25, 0.3) is 11.0 Å². The first kappa shape index (κ1) is 24.8. The van der Waals surface area contributed by atoms with Crippen LogP contribution in [0.2, 0.25) is 0 Å². The Balaban J connectivity index is 1.56. The molecule has 3 heterocycles. The third-order valence-electron chi connectivity index (χ3n) is 5.58. The zero-order valence-corrected chi connectivity index (χ0v) is 20.6. The molecule has 2 aromatic heterocycles. The van der Waals surface area contributed by atoms with E-state index in [-0.39, 0.29) is 39.7 Å². The van der Waals surface area contributed by atoms with Crippen LogP contribution in [0.4, 0.5) is 13.6 Å². The second-order valence-corrected chi connectivity index (χ2v) is 11.4. The number of fused-ring (bicyclic) bond motifs is 1. The monoisotopic (exact) mass is 508 g/mol. The number of hydrogen-bond acceptors (Lipinski definition) is 7. The Labute approximate surface area is 201 Å². The maximum Gasteiger partial charge on any atom is 0.410 e. The van der Waals surface area contributed by atoms with Gasteiger partial charge in [0.15, 0.2) is 32.9 Å². The largest absolute Gasteiger partial charge is 0.444 e. The maximum absolute atomic E-state index is 15.0. The van der Waals surface area contributed by atoms with Crippen molar-refractivity contribution in [1.29, 1.82) is 0 Å². The van der Waals surface area contributed by atoms with Crippen molar-refractivity contribution in [2.45, 2.75) is 50.2 Å². The highest BCUT2D eigenvalue weighted by atomic mass is 32.2. The number of hydrogen-bond donors (Lipinski definition) is 0. The first-order valence-corrected chi connectivity index (χ1v) is 12.9. The second-order valence-electron chi connectivity index (χ2n) is 9.43. The molecule has 1 amide bonds. The Hall–Kier alpha value is -3.28. The molecule has 1 fully saturated rings. The van der Waals surface area contributed by atoms with Gasteiger partial charge in [0.1, 0.15) is 17.3 Å². The van der Waals surface area contributed by atoms with Crippen LogP contribution in [-0.4, -0.2) is 58.9 Å². The molecule has 0 N–H and O–H groups in total. The standard InChI is InChI=1S/C23H26F2N4O5S/c1-23(2,3)34-22(30)28-9-7-14(8-10-28)29-12-17(25)19-20(29)26-13-27-21(19)33-18-6-5-15(11-16(18)24)35(4,31)32/h5-6,11-14H,7-10H2,1-4H3. The number of ether oxygens (including phenoxy) is 2. The molecular formula is C23H26F2N4O5S. The molecule has 0 radical (unpaired) electrons.